The fourth-order valence-electron chi connectivity index (χ4n) is 2.95. The van der Waals surface area contributed by atoms with E-state index < -0.39 is 6.10 Å². The second-order valence-electron chi connectivity index (χ2n) is 7.25. The fourth-order valence-corrected chi connectivity index (χ4v) is 2.95. The lowest BCUT2D eigenvalue weighted by atomic mass is 10.1. The van der Waals surface area contributed by atoms with Gasteiger partial charge in [0.2, 0.25) is 0 Å². The maximum absolute atomic E-state index is 10.5. The molecule has 0 aliphatic carbocycles. The molecular formula is C24H35N3O4. The van der Waals surface area contributed by atoms with Crippen LogP contribution in [0, 0.1) is 0 Å². The molecule has 7 nitrogen and oxygen atoms in total. The Labute approximate surface area is 185 Å². The third kappa shape index (κ3) is 8.02. The summed E-state index contributed by atoms with van der Waals surface area (Å²) in [5.41, 5.74) is 1.82. The fraction of sp³-hybridized carbons (Fsp3) is 0.458. The van der Waals surface area contributed by atoms with Crippen molar-refractivity contribution in [2.24, 2.45) is 4.99 Å². The van der Waals surface area contributed by atoms with E-state index in [1.807, 2.05) is 70.2 Å². The minimum absolute atomic E-state index is 0.117. The summed E-state index contributed by atoms with van der Waals surface area (Å²) in [6, 6.07) is 13.3. The predicted octanol–water partition coefficient (Wildman–Crippen LogP) is 3.67. The minimum Gasteiger partial charge on any atom is -0.493 e. The molecule has 31 heavy (non-hydrogen) atoms. The molecule has 0 saturated heterocycles. The van der Waals surface area contributed by atoms with Gasteiger partial charge in [-0.25, -0.2) is 4.99 Å². The third-order valence-corrected chi connectivity index (χ3v) is 4.39. The van der Waals surface area contributed by atoms with E-state index >= 15 is 0 Å². The molecule has 0 aliphatic rings. The van der Waals surface area contributed by atoms with Crippen LogP contribution in [-0.2, 0) is 6.54 Å². The molecule has 1 unspecified atom stereocenters. The normalized spacial score (nSPS) is 12.4. The van der Waals surface area contributed by atoms with Crippen LogP contribution in [0.5, 0.6) is 17.2 Å². The quantitative estimate of drug-likeness (QED) is 0.373. The summed E-state index contributed by atoms with van der Waals surface area (Å²) in [5.74, 6) is 2.83. The number of nitrogens with one attached hydrogen (secondary N) is 2. The number of hydrogen-bond donors (Lipinski definition) is 3. The Hall–Kier alpha value is -2.93. The molecular weight excluding hydrogens is 394 g/mol. The SMILES string of the molecule is CCNC(=NCc1ccc(OC)c(OCC)c1)NCC(O)c1ccc(OC(C)C)cc1. The van der Waals surface area contributed by atoms with E-state index in [0.717, 1.165) is 23.4 Å². The Bertz CT molecular complexity index is 822. The second kappa shape index (κ2) is 12.7. The molecule has 0 spiro atoms. The van der Waals surface area contributed by atoms with Crippen LogP contribution in [0.1, 0.15) is 44.9 Å². The standard InChI is InChI=1S/C24H35N3O4/c1-6-25-24(26-15-18-8-13-22(29-5)23(14-18)30-7-2)27-16-21(28)19-9-11-20(12-10-19)31-17(3)4/h8-14,17,21,28H,6-7,15-16H2,1-5H3,(H2,25,26,27). The molecule has 0 aliphatic heterocycles. The third-order valence-electron chi connectivity index (χ3n) is 4.39. The second-order valence-corrected chi connectivity index (χ2v) is 7.25. The van der Waals surface area contributed by atoms with Crippen molar-refractivity contribution in [3.05, 3.63) is 53.6 Å². The summed E-state index contributed by atoms with van der Waals surface area (Å²) in [7, 11) is 1.62. The highest BCUT2D eigenvalue weighted by atomic mass is 16.5. The van der Waals surface area contributed by atoms with E-state index in [4.69, 9.17) is 14.2 Å². The van der Waals surface area contributed by atoms with E-state index in [1.165, 1.54) is 0 Å². The van der Waals surface area contributed by atoms with E-state index in [0.29, 0.717) is 37.2 Å². The monoisotopic (exact) mass is 429 g/mol. The van der Waals surface area contributed by atoms with Gasteiger partial charge in [0.05, 0.1) is 32.5 Å². The molecule has 0 saturated carbocycles. The van der Waals surface area contributed by atoms with Crippen LogP contribution in [0.2, 0.25) is 0 Å². The van der Waals surface area contributed by atoms with Gasteiger partial charge in [-0.1, -0.05) is 18.2 Å². The number of aliphatic imine (C=N–C) groups is 1. The minimum atomic E-state index is -0.664. The van der Waals surface area contributed by atoms with Crippen LogP contribution < -0.4 is 24.8 Å². The van der Waals surface area contributed by atoms with Crippen molar-refractivity contribution in [3.63, 3.8) is 0 Å². The molecule has 0 aromatic heterocycles. The summed E-state index contributed by atoms with van der Waals surface area (Å²) in [6.45, 7) is 10.00. The van der Waals surface area contributed by atoms with Crippen LogP contribution in [0.3, 0.4) is 0 Å². The molecule has 3 N–H and O–H groups in total. The van der Waals surface area contributed by atoms with Crippen molar-refractivity contribution in [3.8, 4) is 17.2 Å². The number of guanidine groups is 1. The summed E-state index contributed by atoms with van der Waals surface area (Å²) < 4.78 is 16.6. The molecule has 0 amide bonds. The maximum atomic E-state index is 10.5. The van der Waals surface area contributed by atoms with Crippen molar-refractivity contribution in [1.29, 1.82) is 0 Å². The number of nitrogens with zero attached hydrogens (tertiary/aromatic N) is 1. The van der Waals surface area contributed by atoms with Crippen molar-refractivity contribution in [2.75, 3.05) is 26.8 Å². The zero-order chi connectivity index (χ0) is 22.6. The van der Waals surface area contributed by atoms with Gasteiger partial charge in [-0.05, 0) is 63.1 Å². The number of ether oxygens (including phenoxy) is 3. The molecule has 7 heteroatoms. The van der Waals surface area contributed by atoms with Gasteiger partial charge >= 0.3 is 0 Å². The van der Waals surface area contributed by atoms with Gasteiger partial charge in [0.15, 0.2) is 17.5 Å². The highest BCUT2D eigenvalue weighted by Crippen LogP contribution is 2.28. The topological polar surface area (TPSA) is 84.3 Å². The Morgan fingerprint density at radius 2 is 1.77 bits per heavy atom. The molecule has 0 bridgehead atoms. The lowest BCUT2D eigenvalue weighted by Crippen LogP contribution is -2.39. The molecule has 0 fully saturated rings. The van der Waals surface area contributed by atoms with Gasteiger partial charge in [-0.15, -0.1) is 0 Å². The molecule has 0 radical (unpaired) electrons. The first-order chi connectivity index (χ1) is 15.0. The van der Waals surface area contributed by atoms with Crippen LogP contribution in [0.15, 0.2) is 47.5 Å². The highest BCUT2D eigenvalue weighted by Gasteiger charge is 2.10. The Morgan fingerprint density at radius 3 is 2.39 bits per heavy atom. The van der Waals surface area contributed by atoms with Gasteiger partial charge in [0, 0.05) is 13.1 Å². The Kier molecular flexibility index (Phi) is 9.97. The summed E-state index contributed by atoms with van der Waals surface area (Å²) in [4.78, 5) is 4.62. The van der Waals surface area contributed by atoms with E-state index in [9.17, 15) is 5.11 Å². The number of methoxy groups -OCH3 is 1. The predicted molar refractivity (Wildman–Crippen MR) is 124 cm³/mol. The number of benzene rings is 2. The first-order valence-corrected chi connectivity index (χ1v) is 10.7. The van der Waals surface area contributed by atoms with E-state index in [-0.39, 0.29) is 6.10 Å². The lowest BCUT2D eigenvalue weighted by Gasteiger charge is -2.16. The smallest absolute Gasteiger partial charge is 0.191 e. The average Bonchev–Trinajstić information content (AvgIpc) is 2.76. The lowest BCUT2D eigenvalue weighted by molar-refractivity contribution is 0.180. The zero-order valence-electron chi connectivity index (χ0n) is 19.1. The summed E-state index contributed by atoms with van der Waals surface area (Å²) >= 11 is 0. The van der Waals surface area contributed by atoms with Crippen molar-refractivity contribution < 1.29 is 19.3 Å². The van der Waals surface area contributed by atoms with Crippen LogP contribution >= 0.6 is 0 Å². The van der Waals surface area contributed by atoms with Crippen molar-refractivity contribution in [1.82, 2.24) is 10.6 Å². The average molecular weight is 430 g/mol. The van der Waals surface area contributed by atoms with Crippen LogP contribution in [-0.4, -0.2) is 44.0 Å². The number of hydrogen-bond acceptors (Lipinski definition) is 5. The molecule has 1 atom stereocenters. The van der Waals surface area contributed by atoms with Crippen molar-refractivity contribution >= 4 is 5.96 Å². The number of aliphatic hydroxyl groups is 1. The van der Waals surface area contributed by atoms with Crippen LogP contribution in [0.4, 0.5) is 0 Å². The summed E-state index contributed by atoms with van der Waals surface area (Å²) in [5, 5.41) is 16.9. The molecule has 0 heterocycles. The van der Waals surface area contributed by atoms with Gasteiger partial charge in [-0.3, -0.25) is 0 Å². The van der Waals surface area contributed by atoms with Crippen LogP contribution in [0.25, 0.3) is 0 Å². The summed E-state index contributed by atoms with van der Waals surface area (Å²) in [6.07, 6.45) is -0.547. The van der Waals surface area contributed by atoms with Gasteiger partial charge in [-0.2, -0.15) is 0 Å². The highest BCUT2D eigenvalue weighted by molar-refractivity contribution is 5.79. The first-order valence-electron chi connectivity index (χ1n) is 10.7. The number of aliphatic hydroxyl groups excluding tert-OH is 1. The first kappa shape index (κ1) is 24.3. The molecule has 170 valence electrons. The maximum Gasteiger partial charge on any atom is 0.191 e. The largest absolute Gasteiger partial charge is 0.493 e. The van der Waals surface area contributed by atoms with Gasteiger partial charge in [0.1, 0.15) is 5.75 Å². The molecule has 2 aromatic rings. The Morgan fingerprint density at radius 1 is 1.03 bits per heavy atom. The number of rotatable bonds is 11. The van der Waals surface area contributed by atoms with E-state index in [2.05, 4.69) is 15.6 Å². The van der Waals surface area contributed by atoms with E-state index in [1.54, 1.807) is 7.11 Å². The van der Waals surface area contributed by atoms with Gasteiger partial charge in [0.25, 0.3) is 0 Å². The zero-order valence-corrected chi connectivity index (χ0v) is 19.1. The van der Waals surface area contributed by atoms with Crippen molar-refractivity contribution in [2.45, 2.75) is 46.4 Å². The Balaban J connectivity index is 1.99. The molecule has 2 rings (SSSR count). The van der Waals surface area contributed by atoms with Gasteiger partial charge < -0.3 is 30.0 Å². The molecule has 2 aromatic carbocycles.